The van der Waals surface area contributed by atoms with Gasteiger partial charge >= 0.3 is 12.0 Å². The van der Waals surface area contributed by atoms with Gasteiger partial charge < -0.3 is 20.2 Å². The Hall–Kier alpha value is -1.30. The number of carbonyl (C=O) groups excluding carboxylic acids is 1. The second-order valence-corrected chi connectivity index (χ2v) is 6.13. The Kier molecular flexibility index (Phi) is 3.83. The number of piperazine rings is 1. The van der Waals surface area contributed by atoms with Crippen molar-refractivity contribution in [3.63, 3.8) is 0 Å². The fourth-order valence-corrected chi connectivity index (χ4v) is 3.98. The van der Waals surface area contributed by atoms with Crippen LogP contribution in [0.25, 0.3) is 0 Å². The van der Waals surface area contributed by atoms with Gasteiger partial charge in [-0.2, -0.15) is 0 Å². The summed E-state index contributed by atoms with van der Waals surface area (Å²) >= 11 is 0. The summed E-state index contributed by atoms with van der Waals surface area (Å²) in [7, 11) is 0. The van der Waals surface area contributed by atoms with E-state index in [-0.39, 0.29) is 12.1 Å². The fraction of sp³-hybridized carbons (Fsp3) is 0.857. The summed E-state index contributed by atoms with van der Waals surface area (Å²) in [5.74, 6) is -0.459. The van der Waals surface area contributed by atoms with Crippen LogP contribution < -0.4 is 5.32 Å². The Bertz CT molecular complexity index is 395. The van der Waals surface area contributed by atoms with Crippen molar-refractivity contribution in [2.75, 3.05) is 26.2 Å². The van der Waals surface area contributed by atoms with Crippen molar-refractivity contribution < 1.29 is 14.7 Å². The second kappa shape index (κ2) is 5.60. The molecule has 0 aromatic heterocycles. The number of likely N-dealkylation sites (tertiary alicyclic amines) is 1. The number of nitrogens with one attached hydrogen (secondary N) is 1. The lowest BCUT2D eigenvalue weighted by atomic mass is 9.85. The molecular weight excluding hydrogens is 258 g/mol. The van der Waals surface area contributed by atoms with E-state index in [0.29, 0.717) is 25.4 Å². The second-order valence-electron chi connectivity index (χ2n) is 6.13. The van der Waals surface area contributed by atoms with Crippen LogP contribution >= 0.6 is 0 Å². The van der Waals surface area contributed by atoms with Crippen LogP contribution in [0.5, 0.6) is 0 Å². The van der Waals surface area contributed by atoms with E-state index in [4.69, 9.17) is 0 Å². The topological polar surface area (TPSA) is 72.9 Å². The van der Waals surface area contributed by atoms with Crippen LogP contribution in [-0.4, -0.2) is 65.2 Å². The van der Waals surface area contributed by atoms with E-state index in [1.165, 1.54) is 6.42 Å². The number of hydrogen-bond acceptors (Lipinski definition) is 3. The number of amides is 2. The number of nitrogens with zero attached hydrogens (tertiary/aromatic N) is 2. The van der Waals surface area contributed by atoms with Gasteiger partial charge in [0.1, 0.15) is 6.04 Å². The third kappa shape index (κ3) is 2.37. The van der Waals surface area contributed by atoms with Gasteiger partial charge in [0.2, 0.25) is 0 Å². The molecule has 0 aromatic rings. The van der Waals surface area contributed by atoms with Crippen molar-refractivity contribution in [2.45, 2.75) is 44.2 Å². The Morgan fingerprint density at radius 1 is 1.10 bits per heavy atom. The van der Waals surface area contributed by atoms with Gasteiger partial charge in [-0.1, -0.05) is 12.8 Å². The molecule has 3 rings (SSSR count). The zero-order chi connectivity index (χ0) is 14.1. The molecule has 3 fully saturated rings. The number of fused-ring (bicyclic) bond motifs is 1. The molecule has 0 radical (unpaired) electrons. The smallest absolute Gasteiger partial charge is 0.326 e. The van der Waals surface area contributed by atoms with Crippen molar-refractivity contribution >= 4 is 12.0 Å². The quantitative estimate of drug-likeness (QED) is 0.743. The van der Waals surface area contributed by atoms with Crippen LogP contribution in [-0.2, 0) is 4.79 Å². The van der Waals surface area contributed by atoms with Gasteiger partial charge in [-0.25, -0.2) is 9.59 Å². The van der Waals surface area contributed by atoms with Crippen molar-refractivity contribution in [2.24, 2.45) is 5.92 Å². The third-order valence-electron chi connectivity index (χ3n) is 4.98. The maximum Gasteiger partial charge on any atom is 0.326 e. The molecule has 2 N–H and O–H groups in total. The number of hydrogen-bond donors (Lipinski definition) is 2. The summed E-state index contributed by atoms with van der Waals surface area (Å²) in [6.07, 6.45) is 4.95. The number of carbonyl (C=O) groups is 2. The maximum absolute atomic E-state index is 12.7. The first-order valence-corrected chi connectivity index (χ1v) is 7.69. The molecule has 1 aliphatic carbocycles. The maximum atomic E-state index is 12.7. The van der Waals surface area contributed by atoms with Crippen LogP contribution in [0.2, 0.25) is 0 Å². The van der Waals surface area contributed by atoms with E-state index >= 15 is 0 Å². The Morgan fingerprint density at radius 2 is 1.80 bits per heavy atom. The summed E-state index contributed by atoms with van der Waals surface area (Å²) in [5, 5.41) is 12.7. The minimum absolute atomic E-state index is 0.0618. The highest BCUT2D eigenvalue weighted by molar-refractivity contribution is 5.84. The SMILES string of the molecule is O=C(O)C1CC2CCCCC2N1C(=O)N1CCNCC1. The molecule has 2 aliphatic heterocycles. The van der Waals surface area contributed by atoms with E-state index in [2.05, 4.69) is 5.32 Å². The molecule has 0 spiro atoms. The molecule has 6 heteroatoms. The number of carboxylic acids is 1. The standard InChI is InChI=1S/C14H23N3O3/c18-13(19)12-9-10-3-1-2-4-11(10)17(12)14(20)16-7-5-15-6-8-16/h10-12,15H,1-9H2,(H,18,19). The predicted octanol–water partition coefficient (Wildman–Crippen LogP) is 0.729. The van der Waals surface area contributed by atoms with Crippen LogP contribution in [0.4, 0.5) is 4.79 Å². The lowest BCUT2D eigenvalue weighted by Crippen LogP contribution is -2.56. The first-order chi connectivity index (χ1) is 9.68. The van der Waals surface area contributed by atoms with Crippen LogP contribution in [0, 0.1) is 5.92 Å². The highest BCUT2D eigenvalue weighted by Gasteiger charge is 2.48. The lowest BCUT2D eigenvalue weighted by molar-refractivity contribution is -0.141. The van der Waals surface area contributed by atoms with Crippen molar-refractivity contribution in [3.05, 3.63) is 0 Å². The summed E-state index contributed by atoms with van der Waals surface area (Å²) in [6.45, 7) is 2.95. The summed E-state index contributed by atoms with van der Waals surface area (Å²) in [5.41, 5.74) is 0. The first kappa shape index (κ1) is 13.7. The summed E-state index contributed by atoms with van der Waals surface area (Å²) < 4.78 is 0. The number of carboxylic acid groups (broad SMARTS) is 1. The van der Waals surface area contributed by atoms with Crippen LogP contribution in [0.1, 0.15) is 32.1 Å². The molecule has 3 aliphatic rings. The third-order valence-corrected chi connectivity index (χ3v) is 4.98. The molecule has 112 valence electrons. The van der Waals surface area contributed by atoms with Gasteiger partial charge in [-0.15, -0.1) is 0 Å². The van der Waals surface area contributed by atoms with Gasteiger partial charge in [-0.3, -0.25) is 0 Å². The number of aliphatic carboxylic acids is 1. The minimum atomic E-state index is -0.845. The average Bonchev–Trinajstić information content (AvgIpc) is 2.87. The largest absolute Gasteiger partial charge is 0.480 e. The Morgan fingerprint density at radius 3 is 2.50 bits per heavy atom. The molecule has 20 heavy (non-hydrogen) atoms. The molecular formula is C14H23N3O3. The highest BCUT2D eigenvalue weighted by atomic mass is 16.4. The van der Waals surface area contributed by atoms with Gasteiger partial charge in [0.25, 0.3) is 0 Å². The molecule has 6 nitrogen and oxygen atoms in total. The summed E-state index contributed by atoms with van der Waals surface area (Å²) in [6, 6.07) is -0.536. The molecule has 2 amide bonds. The van der Waals surface area contributed by atoms with Crippen molar-refractivity contribution in [3.8, 4) is 0 Å². The lowest BCUT2D eigenvalue weighted by Gasteiger charge is -2.38. The van der Waals surface area contributed by atoms with Crippen LogP contribution in [0.3, 0.4) is 0 Å². The molecule has 2 saturated heterocycles. The number of urea groups is 1. The van der Waals surface area contributed by atoms with E-state index in [0.717, 1.165) is 32.4 Å². The Balaban J connectivity index is 1.79. The van der Waals surface area contributed by atoms with Crippen molar-refractivity contribution in [1.29, 1.82) is 0 Å². The number of rotatable bonds is 1. The molecule has 3 unspecified atom stereocenters. The zero-order valence-corrected chi connectivity index (χ0v) is 11.8. The molecule has 2 heterocycles. The Labute approximate surface area is 119 Å². The molecule has 0 aromatic carbocycles. The monoisotopic (exact) mass is 281 g/mol. The van der Waals surface area contributed by atoms with Crippen molar-refractivity contribution in [1.82, 2.24) is 15.1 Å². The predicted molar refractivity (Wildman–Crippen MR) is 73.5 cm³/mol. The normalized spacial score (nSPS) is 33.9. The van der Waals surface area contributed by atoms with Gasteiger partial charge in [0, 0.05) is 32.2 Å². The van der Waals surface area contributed by atoms with Gasteiger partial charge in [0.05, 0.1) is 0 Å². The fourth-order valence-electron chi connectivity index (χ4n) is 3.98. The molecule has 3 atom stereocenters. The van der Waals surface area contributed by atoms with E-state index in [1.54, 1.807) is 4.90 Å². The van der Waals surface area contributed by atoms with E-state index in [9.17, 15) is 14.7 Å². The van der Waals surface area contributed by atoms with Gasteiger partial charge in [-0.05, 0) is 25.2 Å². The molecule has 1 saturated carbocycles. The summed E-state index contributed by atoms with van der Waals surface area (Å²) in [4.78, 5) is 27.7. The van der Waals surface area contributed by atoms with E-state index in [1.807, 2.05) is 4.90 Å². The van der Waals surface area contributed by atoms with Gasteiger partial charge in [0.15, 0.2) is 0 Å². The first-order valence-electron chi connectivity index (χ1n) is 7.69. The zero-order valence-electron chi connectivity index (χ0n) is 11.8. The van der Waals surface area contributed by atoms with E-state index < -0.39 is 12.0 Å². The average molecular weight is 281 g/mol. The van der Waals surface area contributed by atoms with Crippen LogP contribution in [0.15, 0.2) is 0 Å². The minimum Gasteiger partial charge on any atom is -0.480 e. The molecule has 0 bridgehead atoms. The highest BCUT2D eigenvalue weighted by Crippen LogP contribution is 2.40.